The van der Waals surface area contributed by atoms with Crippen molar-refractivity contribution in [2.24, 2.45) is 0 Å². The van der Waals surface area contributed by atoms with E-state index in [0.717, 1.165) is 23.7 Å². The van der Waals surface area contributed by atoms with Crippen LogP contribution in [0, 0.1) is 6.92 Å². The van der Waals surface area contributed by atoms with Crippen molar-refractivity contribution in [3.05, 3.63) is 41.7 Å². The summed E-state index contributed by atoms with van der Waals surface area (Å²) in [5, 5.41) is 10.7. The largest absolute Gasteiger partial charge is 0.492 e. The Morgan fingerprint density at radius 1 is 1.24 bits per heavy atom. The normalized spacial score (nSPS) is 10.4. The molecule has 17 heavy (non-hydrogen) atoms. The van der Waals surface area contributed by atoms with Crippen LogP contribution in [0.2, 0.25) is 0 Å². The van der Waals surface area contributed by atoms with Crippen LogP contribution in [0.1, 0.15) is 11.4 Å². The standard InChI is InChI=1S/C12H15N3O2/c1-10-12(15-17-14-10)9-13-7-8-16-11-5-3-2-4-6-11/h2-6,13H,7-9H2,1H3. The molecule has 0 aliphatic heterocycles. The minimum atomic E-state index is 0.619. The van der Waals surface area contributed by atoms with Crippen LogP contribution in [-0.4, -0.2) is 23.5 Å². The quantitative estimate of drug-likeness (QED) is 0.767. The van der Waals surface area contributed by atoms with E-state index in [4.69, 9.17) is 4.74 Å². The van der Waals surface area contributed by atoms with Gasteiger partial charge in [0, 0.05) is 13.1 Å². The second kappa shape index (κ2) is 6.00. The maximum absolute atomic E-state index is 5.53. The molecule has 0 aliphatic rings. The zero-order chi connectivity index (χ0) is 11.9. The van der Waals surface area contributed by atoms with Crippen LogP contribution >= 0.6 is 0 Å². The average Bonchev–Trinajstić information content (AvgIpc) is 2.76. The molecule has 0 radical (unpaired) electrons. The van der Waals surface area contributed by atoms with Crippen molar-refractivity contribution in [2.45, 2.75) is 13.5 Å². The molecule has 5 heteroatoms. The summed E-state index contributed by atoms with van der Waals surface area (Å²) in [5.41, 5.74) is 1.66. The Morgan fingerprint density at radius 2 is 2.06 bits per heavy atom. The lowest BCUT2D eigenvalue weighted by Crippen LogP contribution is -2.21. The molecule has 1 aromatic heterocycles. The topological polar surface area (TPSA) is 60.2 Å². The van der Waals surface area contributed by atoms with Crippen LogP contribution in [-0.2, 0) is 6.54 Å². The van der Waals surface area contributed by atoms with Gasteiger partial charge in [0.2, 0.25) is 0 Å². The zero-order valence-electron chi connectivity index (χ0n) is 9.72. The predicted molar refractivity (Wildman–Crippen MR) is 62.7 cm³/mol. The fraction of sp³-hybridized carbons (Fsp3) is 0.333. The Labute approximate surface area is 99.7 Å². The average molecular weight is 233 g/mol. The van der Waals surface area contributed by atoms with Gasteiger partial charge in [-0.15, -0.1) is 0 Å². The second-order valence-corrected chi connectivity index (χ2v) is 3.63. The number of nitrogens with zero attached hydrogens (tertiary/aromatic N) is 2. The van der Waals surface area contributed by atoms with Crippen LogP contribution in [0.15, 0.2) is 35.0 Å². The number of nitrogens with one attached hydrogen (secondary N) is 1. The van der Waals surface area contributed by atoms with Gasteiger partial charge in [-0.2, -0.15) is 0 Å². The molecule has 0 atom stereocenters. The molecule has 0 spiro atoms. The molecule has 0 aliphatic carbocycles. The van der Waals surface area contributed by atoms with E-state index >= 15 is 0 Å². The number of hydrogen-bond donors (Lipinski definition) is 1. The van der Waals surface area contributed by atoms with Gasteiger partial charge in [0.25, 0.3) is 0 Å². The van der Waals surface area contributed by atoms with Crippen LogP contribution in [0.4, 0.5) is 0 Å². The lowest BCUT2D eigenvalue weighted by Gasteiger charge is -2.06. The molecule has 0 saturated carbocycles. The van der Waals surface area contributed by atoms with E-state index in [1.807, 2.05) is 37.3 Å². The first-order valence-corrected chi connectivity index (χ1v) is 5.53. The minimum Gasteiger partial charge on any atom is -0.492 e. The number of para-hydroxylation sites is 1. The Balaban J connectivity index is 1.63. The molecule has 90 valence electrons. The Kier molecular flexibility index (Phi) is 4.10. The highest BCUT2D eigenvalue weighted by Gasteiger charge is 2.03. The summed E-state index contributed by atoms with van der Waals surface area (Å²) in [6.07, 6.45) is 0. The van der Waals surface area contributed by atoms with Gasteiger partial charge >= 0.3 is 0 Å². The number of aryl methyl sites for hydroxylation is 1. The van der Waals surface area contributed by atoms with Crippen molar-refractivity contribution < 1.29 is 9.37 Å². The molecule has 0 bridgehead atoms. The van der Waals surface area contributed by atoms with E-state index in [-0.39, 0.29) is 0 Å². The van der Waals surface area contributed by atoms with E-state index in [1.54, 1.807) is 0 Å². The highest BCUT2D eigenvalue weighted by atomic mass is 16.6. The SMILES string of the molecule is Cc1nonc1CNCCOc1ccccc1. The lowest BCUT2D eigenvalue weighted by atomic mass is 10.3. The van der Waals surface area contributed by atoms with Gasteiger partial charge in [-0.1, -0.05) is 28.5 Å². The number of benzene rings is 1. The number of aromatic nitrogens is 2. The summed E-state index contributed by atoms with van der Waals surface area (Å²) < 4.78 is 10.1. The molecule has 0 saturated heterocycles. The summed E-state index contributed by atoms with van der Waals surface area (Å²) in [7, 11) is 0. The predicted octanol–water partition coefficient (Wildman–Crippen LogP) is 1.55. The summed E-state index contributed by atoms with van der Waals surface area (Å²) in [4.78, 5) is 0. The minimum absolute atomic E-state index is 0.619. The third kappa shape index (κ3) is 3.57. The Bertz CT molecular complexity index is 442. The number of hydrogen-bond acceptors (Lipinski definition) is 5. The number of ether oxygens (including phenoxy) is 1. The van der Waals surface area contributed by atoms with Crippen LogP contribution in [0.3, 0.4) is 0 Å². The first-order valence-electron chi connectivity index (χ1n) is 5.53. The first kappa shape index (κ1) is 11.6. The molecular weight excluding hydrogens is 218 g/mol. The van der Waals surface area contributed by atoms with E-state index in [2.05, 4.69) is 20.3 Å². The summed E-state index contributed by atoms with van der Waals surface area (Å²) in [6, 6.07) is 9.74. The Morgan fingerprint density at radius 3 is 2.76 bits per heavy atom. The van der Waals surface area contributed by atoms with Crippen LogP contribution < -0.4 is 10.1 Å². The molecule has 1 aromatic carbocycles. The van der Waals surface area contributed by atoms with Gasteiger partial charge in [-0.25, -0.2) is 4.63 Å². The Hall–Kier alpha value is -1.88. The van der Waals surface area contributed by atoms with Crippen molar-refractivity contribution in [1.29, 1.82) is 0 Å². The molecular formula is C12H15N3O2. The van der Waals surface area contributed by atoms with Crippen molar-refractivity contribution >= 4 is 0 Å². The van der Waals surface area contributed by atoms with Gasteiger partial charge in [0.15, 0.2) is 0 Å². The fourth-order valence-corrected chi connectivity index (χ4v) is 1.37. The molecule has 5 nitrogen and oxygen atoms in total. The smallest absolute Gasteiger partial charge is 0.121 e. The highest BCUT2D eigenvalue weighted by molar-refractivity contribution is 5.20. The van der Waals surface area contributed by atoms with Crippen molar-refractivity contribution in [2.75, 3.05) is 13.2 Å². The third-order valence-corrected chi connectivity index (χ3v) is 2.33. The van der Waals surface area contributed by atoms with Crippen molar-refractivity contribution in [1.82, 2.24) is 15.6 Å². The van der Waals surface area contributed by atoms with Crippen LogP contribution in [0.25, 0.3) is 0 Å². The summed E-state index contributed by atoms with van der Waals surface area (Å²) in [6.45, 7) is 3.89. The first-order chi connectivity index (χ1) is 8.36. The van der Waals surface area contributed by atoms with Crippen molar-refractivity contribution in [3.8, 4) is 5.75 Å². The molecule has 2 rings (SSSR count). The molecule has 0 fully saturated rings. The lowest BCUT2D eigenvalue weighted by molar-refractivity contribution is 0.297. The second-order valence-electron chi connectivity index (χ2n) is 3.63. The van der Waals surface area contributed by atoms with Gasteiger partial charge < -0.3 is 10.1 Å². The summed E-state index contributed by atoms with van der Waals surface area (Å²) in [5.74, 6) is 0.883. The third-order valence-electron chi connectivity index (χ3n) is 2.33. The maximum atomic E-state index is 5.53. The fourth-order valence-electron chi connectivity index (χ4n) is 1.37. The monoisotopic (exact) mass is 233 g/mol. The molecule has 2 aromatic rings. The summed E-state index contributed by atoms with van der Waals surface area (Å²) >= 11 is 0. The van der Waals surface area contributed by atoms with Gasteiger partial charge in [-0.05, 0) is 19.1 Å². The van der Waals surface area contributed by atoms with E-state index in [9.17, 15) is 0 Å². The molecule has 1 heterocycles. The maximum Gasteiger partial charge on any atom is 0.121 e. The zero-order valence-corrected chi connectivity index (χ0v) is 9.72. The van der Waals surface area contributed by atoms with Crippen molar-refractivity contribution in [3.63, 3.8) is 0 Å². The van der Waals surface area contributed by atoms with Gasteiger partial charge in [0.1, 0.15) is 23.7 Å². The molecule has 0 unspecified atom stereocenters. The molecule has 0 amide bonds. The molecule has 1 N–H and O–H groups in total. The highest BCUT2D eigenvalue weighted by Crippen LogP contribution is 2.07. The van der Waals surface area contributed by atoms with Crippen LogP contribution in [0.5, 0.6) is 5.75 Å². The van der Waals surface area contributed by atoms with Gasteiger partial charge in [-0.3, -0.25) is 0 Å². The van der Waals surface area contributed by atoms with E-state index in [0.29, 0.717) is 13.2 Å². The van der Waals surface area contributed by atoms with E-state index in [1.165, 1.54) is 0 Å². The van der Waals surface area contributed by atoms with E-state index < -0.39 is 0 Å². The number of rotatable bonds is 6. The van der Waals surface area contributed by atoms with Gasteiger partial charge in [0.05, 0.1) is 0 Å².